The van der Waals surface area contributed by atoms with Crippen molar-refractivity contribution < 1.29 is 9.53 Å². The number of hydrogen-bond donors (Lipinski definition) is 2. The largest absolute Gasteiger partial charge is 0.497 e. The van der Waals surface area contributed by atoms with Crippen LogP contribution in [0.5, 0.6) is 5.75 Å². The fourth-order valence-corrected chi connectivity index (χ4v) is 4.06. The van der Waals surface area contributed by atoms with Gasteiger partial charge in [-0.2, -0.15) is 0 Å². The fourth-order valence-electron chi connectivity index (χ4n) is 3.44. The molecule has 0 bridgehead atoms. The maximum atomic E-state index is 13.0. The summed E-state index contributed by atoms with van der Waals surface area (Å²) in [5, 5.41) is 3.16. The van der Waals surface area contributed by atoms with Crippen LogP contribution < -0.4 is 15.6 Å². The SMILES string of the molecule is COc1ccc(CNc2nc3c(c(=O)[nH]2)CCN(C(=O)c2ccc(Br)c(Br)c2)C3)cc1. The lowest BCUT2D eigenvalue weighted by atomic mass is 10.1. The van der Waals surface area contributed by atoms with Crippen LogP contribution in [0.2, 0.25) is 0 Å². The Morgan fingerprint density at radius 2 is 1.97 bits per heavy atom. The van der Waals surface area contributed by atoms with Crippen LogP contribution in [0, 0.1) is 0 Å². The number of aromatic nitrogens is 2. The van der Waals surface area contributed by atoms with Crippen molar-refractivity contribution in [2.24, 2.45) is 0 Å². The number of carbonyl (C=O) groups excluding carboxylic acids is 1. The highest BCUT2D eigenvalue weighted by molar-refractivity contribution is 9.13. The molecule has 0 fully saturated rings. The van der Waals surface area contributed by atoms with Gasteiger partial charge < -0.3 is 15.0 Å². The van der Waals surface area contributed by atoms with Crippen molar-refractivity contribution in [3.63, 3.8) is 0 Å². The van der Waals surface area contributed by atoms with Gasteiger partial charge in [-0.25, -0.2) is 4.98 Å². The number of benzene rings is 2. The summed E-state index contributed by atoms with van der Waals surface area (Å²) in [6.45, 7) is 1.27. The maximum absolute atomic E-state index is 13.0. The van der Waals surface area contributed by atoms with Crippen LogP contribution in [0.1, 0.15) is 27.2 Å². The number of halogens is 2. The van der Waals surface area contributed by atoms with Gasteiger partial charge in [0.15, 0.2) is 0 Å². The molecule has 0 saturated heterocycles. The molecule has 0 unspecified atom stereocenters. The van der Waals surface area contributed by atoms with Crippen molar-refractivity contribution in [2.75, 3.05) is 19.0 Å². The zero-order chi connectivity index (χ0) is 22.0. The first kappa shape index (κ1) is 21.6. The van der Waals surface area contributed by atoms with E-state index in [4.69, 9.17) is 4.74 Å². The van der Waals surface area contributed by atoms with Crippen LogP contribution in [0.15, 0.2) is 56.2 Å². The highest BCUT2D eigenvalue weighted by Gasteiger charge is 2.25. The van der Waals surface area contributed by atoms with Gasteiger partial charge in [0.25, 0.3) is 11.5 Å². The van der Waals surface area contributed by atoms with Crippen LogP contribution in [-0.2, 0) is 19.5 Å². The molecule has 0 aliphatic carbocycles. The van der Waals surface area contributed by atoms with Crippen molar-refractivity contribution in [3.05, 3.63) is 84.1 Å². The zero-order valence-corrected chi connectivity index (χ0v) is 19.9. The lowest BCUT2D eigenvalue weighted by molar-refractivity contribution is 0.0731. The normalized spacial score (nSPS) is 12.9. The lowest BCUT2D eigenvalue weighted by Gasteiger charge is -2.28. The third-order valence-corrected chi connectivity index (χ3v) is 7.03. The van der Waals surface area contributed by atoms with Gasteiger partial charge in [0.05, 0.1) is 19.3 Å². The summed E-state index contributed by atoms with van der Waals surface area (Å²) in [7, 11) is 1.62. The molecular formula is C22H20Br2N4O3. The number of H-pyrrole nitrogens is 1. The molecule has 3 aromatic rings. The van der Waals surface area contributed by atoms with Crippen LogP contribution in [0.25, 0.3) is 0 Å². The lowest BCUT2D eigenvalue weighted by Crippen LogP contribution is -2.39. The van der Waals surface area contributed by atoms with E-state index in [1.54, 1.807) is 24.1 Å². The quantitative estimate of drug-likeness (QED) is 0.502. The first-order valence-corrected chi connectivity index (χ1v) is 11.3. The van der Waals surface area contributed by atoms with E-state index >= 15 is 0 Å². The van der Waals surface area contributed by atoms with Crippen molar-refractivity contribution in [2.45, 2.75) is 19.5 Å². The monoisotopic (exact) mass is 546 g/mol. The van der Waals surface area contributed by atoms with Gasteiger partial charge in [-0.05, 0) is 74.2 Å². The smallest absolute Gasteiger partial charge is 0.255 e. The third kappa shape index (κ3) is 4.83. The number of ether oxygens (including phenoxy) is 1. The second-order valence-corrected chi connectivity index (χ2v) is 8.86. The van der Waals surface area contributed by atoms with Crippen molar-refractivity contribution in [1.29, 1.82) is 0 Å². The Labute approximate surface area is 196 Å². The van der Waals surface area contributed by atoms with Gasteiger partial charge in [-0.3, -0.25) is 14.6 Å². The molecule has 1 aliphatic rings. The average Bonchev–Trinajstić information content (AvgIpc) is 2.79. The molecule has 4 rings (SSSR count). The Morgan fingerprint density at radius 3 is 2.68 bits per heavy atom. The Bertz CT molecular complexity index is 1180. The first-order valence-electron chi connectivity index (χ1n) is 9.68. The molecule has 1 aromatic heterocycles. The third-order valence-electron chi connectivity index (χ3n) is 5.15. The van der Waals surface area contributed by atoms with Crippen molar-refractivity contribution in [1.82, 2.24) is 14.9 Å². The molecule has 1 amide bonds. The average molecular weight is 548 g/mol. The number of amides is 1. The minimum absolute atomic E-state index is 0.0892. The number of methoxy groups -OCH3 is 1. The molecule has 160 valence electrons. The highest BCUT2D eigenvalue weighted by atomic mass is 79.9. The second kappa shape index (κ2) is 9.23. The van der Waals surface area contributed by atoms with E-state index in [0.717, 1.165) is 20.3 Å². The second-order valence-electron chi connectivity index (χ2n) is 7.15. The number of anilines is 1. The Kier molecular flexibility index (Phi) is 6.43. The van der Waals surface area contributed by atoms with Crippen LogP contribution in [0.3, 0.4) is 0 Å². The molecular weight excluding hydrogens is 528 g/mol. The van der Waals surface area contributed by atoms with E-state index < -0.39 is 0 Å². The highest BCUT2D eigenvalue weighted by Crippen LogP contribution is 2.25. The summed E-state index contributed by atoms with van der Waals surface area (Å²) in [6, 6.07) is 13.0. The van der Waals surface area contributed by atoms with Crippen LogP contribution in [-0.4, -0.2) is 34.4 Å². The van der Waals surface area contributed by atoms with E-state index in [9.17, 15) is 9.59 Å². The molecule has 2 N–H and O–H groups in total. The van der Waals surface area contributed by atoms with Gasteiger partial charge in [0.2, 0.25) is 5.95 Å². The number of nitrogens with zero attached hydrogens (tertiary/aromatic N) is 2. The maximum Gasteiger partial charge on any atom is 0.255 e. The minimum Gasteiger partial charge on any atom is -0.497 e. The molecule has 0 saturated carbocycles. The number of nitrogens with one attached hydrogen (secondary N) is 2. The van der Waals surface area contributed by atoms with Gasteiger partial charge >= 0.3 is 0 Å². The number of fused-ring (bicyclic) bond motifs is 1. The zero-order valence-electron chi connectivity index (χ0n) is 16.7. The topological polar surface area (TPSA) is 87.3 Å². The Hall–Kier alpha value is -2.65. The molecule has 9 heteroatoms. The van der Waals surface area contributed by atoms with E-state index in [0.29, 0.717) is 48.8 Å². The Balaban J connectivity index is 1.50. The van der Waals surface area contributed by atoms with E-state index in [2.05, 4.69) is 47.1 Å². The van der Waals surface area contributed by atoms with Gasteiger partial charge in [-0.15, -0.1) is 0 Å². The molecule has 31 heavy (non-hydrogen) atoms. The first-order chi connectivity index (χ1) is 14.9. The van der Waals surface area contributed by atoms with Gasteiger partial charge in [0.1, 0.15) is 5.75 Å². The summed E-state index contributed by atoms with van der Waals surface area (Å²) in [6.07, 6.45) is 0.472. The minimum atomic E-state index is -0.166. The van der Waals surface area contributed by atoms with E-state index in [1.165, 1.54) is 0 Å². The number of rotatable bonds is 5. The van der Waals surface area contributed by atoms with E-state index in [-0.39, 0.29) is 11.5 Å². The number of carbonyl (C=O) groups is 1. The molecule has 0 radical (unpaired) electrons. The standard InChI is InChI=1S/C22H20Br2N4O3/c1-31-15-5-2-13(3-6-15)11-25-22-26-19-12-28(9-8-16(19)20(29)27-22)21(30)14-4-7-17(23)18(24)10-14/h2-7,10H,8-9,11-12H2,1H3,(H2,25,26,27,29). The van der Waals surface area contributed by atoms with Gasteiger partial charge in [0, 0.05) is 33.2 Å². The van der Waals surface area contributed by atoms with Crippen molar-refractivity contribution >= 4 is 43.7 Å². The summed E-state index contributed by atoms with van der Waals surface area (Å²) in [5.41, 5.74) is 2.70. The van der Waals surface area contributed by atoms with Crippen molar-refractivity contribution in [3.8, 4) is 5.75 Å². The summed E-state index contributed by atoms with van der Waals surface area (Å²) >= 11 is 6.85. The molecule has 2 aromatic carbocycles. The van der Waals surface area contributed by atoms with E-state index in [1.807, 2.05) is 30.3 Å². The summed E-state index contributed by atoms with van der Waals surface area (Å²) in [4.78, 5) is 34.6. The predicted molar refractivity (Wildman–Crippen MR) is 125 cm³/mol. The fraction of sp³-hybridized carbons (Fsp3) is 0.227. The molecule has 0 spiro atoms. The number of hydrogen-bond acceptors (Lipinski definition) is 5. The van der Waals surface area contributed by atoms with Crippen LogP contribution >= 0.6 is 31.9 Å². The predicted octanol–water partition coefficient (Wildman–Crippen LogP) is 4.11. The molecule has 2 heterocycles. The summed E-state index contributed by atoms with van der Waals surface area (Å²) in [5.74, 6) is 1.08. The molecule has 7 nitrogen and oxygen atoms in total. The summed E-state index contributed by atoms with van der Waals surface area (Å²) < 4.78 is 6.86. The molecule has 1 aliphatic heterocycles. The molecule has 0 atom stereocenters. The number of aromatic amines is 1. The van der Waals surface area contributed by atoms with Gasteiger partial charge in [-0.1, -0.05) is 12.1 Å². The Morgan fingerprint density at radius 1 is 1.19 bits per heavy atom. The van der Waals surface area contributed by atoms with Crippen LogP contribution in [0.4, 0.5) is 5.95 Å².